The minimum atomic E-state index is 0.838. The lowest BCUT2D eigenvalue weighted by molar-refractivity contribution is 0.144. The molecule has 0 aliphatic carbocycles. The van der Waals surface area contributed by atoms with Crippen molar-refractivity contribution in [3.8, 4) is 0 Å². The van der Waals surface area contributed by atoms with Crippen molar-refractivity contribution in [2.24, 2.45) is 0 Å². The van der Waals surface area contributed by atoms with Crippen LogP contribution in [0, 0.1) is 0 Å². The van der Waals surface area contributed by atoms with Crippen molar-refractivity contribution in [3.05, 3.63) is 29.8 Å². The largest absolute Gasteiger partial charge is 0.383 e. The Morgan fingerprint density at radius 3 is 2.28 bits per heavy atom. The average Bonchev–Trinajstić information content (AvgIpc) is 2.46. The van der Waals surface area contributed by atoms with Crippen LogP contribution in [0.5, 0.6) is 0 Å². The molecule has 3 nitrogen and oxygen atoms in total. The molecule has 0 spiro atoms. The van der Waals surface area contributed by atoms with E-state index in [-0.39, 0.29) is 0 Å². The number of hydrogen-bond acceptors (Lipinski definition) is 3. The van der Waals surface area contributed by atoms with Gasteiger partial charge in [0.15, 0.2) is 0 Å². The predicted octanol–water partition coefficient (Wildman–Crippen LogP) is 2.02. The Hall–Kier alpha value is -1.06. The van der Waals surface area contributed by atoms with E-state index in [4.69, 9.17) is 4.74 Å². The maximum absolute atomic E-state index is 5.13. The summed E-state index contributed by atoms with van der Waals surface area (Å²) >= 11 is 0. The van der Waals surface area contributed by atoms with E-state index in [0.717, 1.165) is 45.8 Å². The third-order valence-corrected chi connectivity index (χ3v) is 3.69. The molecule has 0 saturated carbocycles. The molecule has 0 amide bonds. The molecule has 1 aromatic rings. The third-order valence-electron chi connectivity index (χ3n) is 3.69. The summed E-state index contributed by atoms with van der Waals surface area (Å²) < 4.78 is 5.13. The van der Waals surface area contributed by atoms with Crippen LogP contribution in [-0.4, -0.2) is 51.3 Å². The Kier molecular flexibility index (Phi) is 5.02. The van der Waals surface area contributed by atoms with Gasteiger partial charge in [0, 0.05) is 45.5 Å². The van der Waals surface area contributed by atoms with Crippen molar-refractivity contribution in [2.75, 3.05) is 51.3 Å². The van der Waals surface area contributed by atoms with E-state index in [1.165, 1.54) is 11.3 Å². The van der Waals surface area contributed by atoms with Gasteiger partial charge in [-0.3, -0.25) is 4.90 Å². The molecule has 0 aromatic heterocycles. The Labute approximate surface area is 110 Å². The summed E-state index contributed by atoms with van der Waals surface area (Å²) in [5.41, 5.74) is 2.77. The normalized spacial score (nSPS) is 17.1. The van der Waals surface area contributed by atoms with E-state index in [1.54, 1.807) is 7.11 Å². The Bertz CT molecular complexity index is 342. The highest BCUT2D eigenvalue weighted by Gasteiger charge is 2.16. The highest BCUT2D eigenvalue weighted by molar-refractivity contribution is 5.48. The zero-order valence-corrected chi connectivity index (χ0v) is 11.6. The standard InChI is InChI=1S/C15H24N2O/c1-3-14-4-6-15(7-5-14)17-10-8-16(9-11-17)12-13-18-2/h4-7H,3,8-13H2,1-2H3. The van der Waals surface area contributed by atoms with Gasteiger partial charge in [0.05, 0.1) is 6.61 Å². The lowest BCUT2D eigenvalue weighted by Crippen LogP contribution is -2.47. The summed E-state index contributed by atoms with van der Waals surface area (Å²) in [5, 5.41) is 0. The topological polar surface area (TPSA) is 15.7 Å². The van der Waals surface area contributed by atoms with Gasteiger partial charge in [-0.1, -0.05) is 19.1 Å². The van der Waals surface area contributed by atoms with Gasteiger partial charge in [-0.05, 0) is 24.1 Å². The molecule has 1 fully saturated rings. The fraction of sp³-hybridized carbons (Fsp3) is 0.600. The molecule has 1 saturated heterocycles. The van der Waals surface area contributed by atoms with Gasteiger partial charge in [-0.2, -0.15) is 0 Å². The van der Waals surface area contributed by atoms with Crippen molar-refractivity contribution in [1.29, 1.82) is 0 Å². The second kappa shape index (κ2) is 6.76. The minimum absolute atomic E-state index is 0.838. The molecule has 0 unspecified atom stereocenters. The summed E-state index contributed by atoms with van der Waals surface area (Å²) in [7, 11) is 1.77. The molecule has 2 rings (SSSR count). The van der Waals surface area contributed by atoms with Crippen LogP contribution < -0.4 is 4.90 Å². The first-order chi connectivity index (χ1) is 8.83. The minimum Gasteiger partial charge on any atom is -0.383 e. The molecule has 3 heteroatoms. The zero-order valence-electron chi connectivity index (χ0n) is 11.6. The van der Waals surface area contributed by atoms with Crippen LogP contribution in [-0.2, 0) is 11.2 Å². The predicted molar refractivity (Wildman–Crippen MR) is 76.3 cm³/mol. The zero-order chi connectivity index (χ0) is 12.8. The molecule has 0 atom stereocenters. The third kappa shape index (κ3) is 3.47. The van der Waals surface area contributed by atoms with E-state index >= 15 is 0 Å². The van der Waals surface area contributed by atoms with Crippen LogP contribution in [0.15, 0.2) is 24.3 Å². The van der Waals surface area contributed by atoms with Crippen LogP contribution in [0.1, 0.15) is 12.5 Å². The quantitative estimate of drug-likeness (QED) is 0.793. The van der Waals surface area contributed by atoms with E-state index in [1.807, 2.05) is 0 Å². The highest BCUT2D eigenvalue weighted by Crippen LogP contribution is 2.17. The van der Waals surface area contributed by atoms with Gasteiger partial charge >= 0.3 is 0 Å². The van der Waals surface area contributed by atoms with Crippen LogP contribution in [0.4, 0.5) is 5.69 Å². The Morgan fingerprint density at radius 1 is 1.06 bits per heavy atom. The summed E-state index contributed by atoms with van der Waals surface area (Å²) in [4.78, 5) is 4.95. The van der Waals surface area contributed by atoms with E-state index in [0.29, 0.717) is 0 Å². The van der Waals surface area contributed by atoms with Crippen molar-refractivity contribution >= 4 is 5.69 Å². The van der Waals surface area contributed by atoms with Crippen LogP contribution in [0.25, 0.3) is 0 Å². The number of methoxy groups -OCH3 is 1. The Balaban J connectivity index is 1.84. The van der Waals surface area contributed by atoms with E-state index in [9.17, 15) is 0 Å². The fourth-order valence-electron chi connectivity index (χ4n) is 2.39. The maximum atomic E-state index is 5.13. The molecule has 0 N–H and O–H groups in total. The van der Waals surface area contributed by atoms with Gasteiger partial charge in [0.2, 0.25) is 0 Å². The molecule has 0 bridgehead atoms. The number of ether oxygens (including phenoxy) is 1. The molecule has 1 aromatic carbocycles. The Morgan fingerprint density at radius 2 is 1.72 bits per heavy atom. The molecule has 0 radical (unpaired) electrons. The molecule has 1 aliphatic heterocycles. The first-order valence-electron chi connectivity index (χ1n) is 6.88. The van der Waals surface area contributed by atoms with Crippen molar-refractivity contribution in [1.82, 2.24) is 4.90 Å². The van der Waals surface area contributed by atoms with E-state index in [2.05, 4.69) is 41.0 Å². The van der Waals surface area contributed by atoms with Gasteiger partial charge in [-0.25, -0.2) is 0 Å². The van der Waals surface area contributed by atoms with E-state index < -0.39 is 0 Å². The summed E-state index contributed by atoms with van der Waals surface area (Å²) in [6.45, 7) is 8.61. The summed E-state index contributed by atoms with van der Waals surface area (Å²) in [6.07, 6.45) is 1.12. The first kappa shape index (κ1) is 13.4. The average molecular weight is 248 g/mol. The van der Waals surface area contributed by atoms with Crippen LogP contribution >= 0.6 is 0 Å². The van der Waals surface area contributed by atoms with Gasteiger partial charge in [0.1, 0.15) is 0 Å². The summed E-state index contributed by atoms with van der Waals surface area (Å²) in [6, 6.07) is 8.99. The monoisotopic (exact) mass is 248 g/mol. The highest BCUT2D eigenvalue weighted by atomic mass is 16.5. The molecule has 18 heavy (non-hydrogen) atoms. The van der Waals surface area contributed by atoms with Crippen molar-refractivity contribution < 1.29 is 4.74 Å². The van der Waals surface area contributed by atoms with Crippen LogP contribution in [0.2, 0.25) is 0 Å². The molecular formula is C15H24N2O. The fourth-order valence-corrected chi connectivity index (χ4v) is 2.39. The SMILES string of the molecule is CCc1ccc(N2CCN(CCOC)CC2)cc1. The van der Waals surface area contributed by atoms with Crippen molar-refractivity contribution in [3.63, 3.8) is 0 Å². The van der Waals surface area contributed by atoms with Crippen molar-refractivity contribution in [2.45, 2.75) is 13.3 Å². The second-order valence-corrected chi connectivity index (χ2v) is 4.84. The second-order valence-electron chi connectivity index (χ2n) is 4.84. The smallest absolute Gasteiger partial charge is 0.0589 e. The number of nitrogens with zero attached hydrogens (tertiary/aromatic N) is 2. The molecule has 100 valence electrons. The molecule has 1 aliphatic rings. The maximum Gasteiger partial charge on any atom is 0.0589 e. The molecule has 1 heterocycles. The number of aryl methyl sites for hydroxylation is 1. The number of piperazine rings is 1. The van der Waals surface area contributed by atoms with Gasteiger partial charge in [-0.15, -0.1) is 0 Å². The lowest BCUT2D eigenvalue weighted by Gasteiger charge is -2.36. The summed E-state index contributed by atoms with van der Waals surface area (Å²) in [5.74, 6) is 0. The number of benzene rings is 1. The van der Waals surface area contributed by atoms with Crippen LogP contribution in [0.3, 0.4) is 0 Å². The molecular weight excluding hydrogens is 224 g/mol. The number of anilines is 1. The van der Waals surface area contributed by atoms with Gasteiger partial charge < -0.3 is 9.64 Å². The number of hydrogen-bond donors (Lipinski definition) is 0. The first-order valence-corrected chi connectivity index (χ1v) is 6.88. The van der Waals surface area contributed by atoms with Gasteiger partial charge in [0.25, 0.3) is 0 Å². The lowest BCUT2D eigenvalue weighted by atomic mass is 10.1. The number of rotatable bonds is 5.